The summed E-state index contributed by atoms with van der Waals surface area (Å²) in [5, 5.41) is 0. The van der Waals surface area contributed by atoms with Crippen LogP contribution in [-0.2, 0) is 4.74 Å². The zero-order valence-electron chi connectivity index (χ0n) is 12.8. The Morgan fingerprint density at radius 3 is 2.52 bits per heavy atom. The molecule has 2 N–H and O–H groups in total. The third-order valence-corrected chi connectivity index (χ3v) is 3.62. The van der Waals surface area contributed by atoms with Crippen LogP contribution in [-0.4, -0.2) is 35.7 Å². The molecule has 116 valence electrons. The number of carbonyl (C=O) groups excluding carboxylic acids is 1. The van der Waals surface area contributed by atoms with E-state index in [0.717, 1.165) is 5.56 Å². The lowest BCUT2D eigenvalue weighted by Crippen LogP contribution is -2.49. The van der Waals surface area contributed by atoms with Crippen LogP contribution in [0.4, 0.5) is 9.18 Å². The van der Waals surface area contributed by atoms with Gasteiger partial charge < -0.3 is 15.4 Å². The number of amides is 1. The lowest BCUT2D eigenvalue weighted by atomic mass is 9.87. The standard InChI is InChI=1S/C16H23FN2O2/c1-16(2,3)21-15(20)19-9-8-14(18)13(10-19)11-4-6-12(17)7-5-11/h4-7,13-14H,8-10,18H2,1-3H3/t13-,14+/m0/s1. The first-order valence-electron chi connectivity index (χ1n) is 7.25. The number of ether oxygens (including phenoxy) is 1. The molecule has 4 nitrogen and oxygen atoms in total. The Morgan fingerprint density at radius 1 is 1.33 bits per heavy atom. The Hall–Kier alpha value is -1.62. The highest BCUT2D eigenvalue weighted by Crippen LogP contribution is 2.27. The Labute approximate surface area is 125 Å². The summed E-state index contributed by atoms with van der Waals surface area (Å²) in [6.45, 7) is 6.63. The van der Waals surface area contributed by atoms with Crippen LogP contribution >= 0.6 is 0 Å². The molecule has 0 aliphatic carbocycles. The van der Waals surface area contributed by atoms with Gasteiger partial charge in [-0.05, 0) is 44.9 Å². The number of rotatable bonds is 1. The van der Waals surface area contributed by atoms with Crippen LogP contribution in [0.3, 0.4) is 0 Å². The fourth-order valence-electron chi connectivity index (χ4n) is 2.53. The van der Waals surface area contributed by atoms with Crippen molar-refractivity contribution in [1.82, 2.24) is 4.90 Å². The molecule has 0 bridgehead atoms. The van der Waals surface area contributed by atoms with Crippen LogP contribution < -0.4 is 5.73 Å². The molecule has 1 aliphatic heterocycles. The number of hydrogen-bond acceptors (Lipinski definition) is 3. The van der Waals surface area contributed by atoms with E-state index in [2.05, 4.69) is 0 Å². The first kappa shape index (κ1) is 15.8. The minimum absolute atomic E-state index is 0.00636. The lowest BCUT2D eigenvalue weighted by molar-refractivity contribution is 0.0186. The van der Waals surface area contributed by atoms with Crippen LogP contribution in [0.1, 0.15) is 38.7 Å². The van der Waals surface area contributed by atoms with E-state index >= 15 is 0 Å². The van der Waals surface area contributed by atoms with E-state index in [0.29, 0.717) is 19.5 Å². The molecule has 1 aliphatic rings. The third kappa shape index (κ3) is 4.17. The van der Waals surface area contributed by atoms with Crippen molar-refractivity contribution in [2.75, 3.05) is 13.1 Å². The summed E-state index contributed by atoms with van der Waals surface area (Å²) in [6.07, 6.45) is 0.392. The fourth-order valence-corrected chi connectivity index (χ4v) is 2.53. The molecule has 2 atom stereocenters. The van der Waals surface area contributed by atoms with Gasteiger partial charge in [0.15, 0.2) is 0 Å². The highest BCUT2D eigenvalue weighted by atomic mass is 19.1. The van der Waals surface area contributed by atoms with Gasteiger partial charge in [-0.3, -0.25) is 0 Å². The summed E-state index contributed by atoms with van der Waals surface area (Å²) in [5.41, 5.74) is 6.61. The smallest absolute Gasteiger partial charge is 0.410 e. The molecule has 5 heteroatoms. The Balaban J connectivity index is 2.09. The van der Waals surface area contributed by atoms with E-state index in [1.165, 1.54) is 12.1 Å². The number of piperidine rings is 1. The van der Waals surface area contributed by atoms with Gasteiger partial charge in [-0.1, -0.05) is 12.1 Å². The molecule has 21 heavy (non-hydrogen) atoms. The second-order valence-electron chi connectivity index (χ2n) is 6.54. The van der Waals surface area contributed by atoms with Gasteiger partial charge >= 0.3 is 6.09 Å². The molecule has 0 spiro atoms. The molecule has 0 saturated carbocycles. The van der Waals surface area contributed by atoms with Crippen molar-refractivity contribution in [3.63, 3.8) is 0 Å². The molecule has 0 aromatic heterocycles. The van der Waals surface area contributed by atoms with Gasteiger partial charge in [-0.25, -0.2) is 9.18 Å². The Kier molecular flexibility index (Phi) is 4.52. The van der Waals surface area contributed by atoms with Gasteiger partial charge in [0, 0.05) is 25.0 Å². The molecular weight excluding hydrogens is 271 g/mol. The highest BCUT2D eigenvalue weighted by molar-refractivity contribution is 5.68. The number of carbonyl (C=O) groups is 1. The fraction of sp³-hybridized carbons (Fsp3) is 0.562. The van der Waals surface area contributed by atoms with E-state index in [9.17, 15) is 9.18 Å². The molecule has 1 aromatic carbocycles. The summed E-state index contributed by atoms with van der Waals surface area (Å²) in [6, 6.07) is 6.29. The van der Waals surface area contributed by atoms with Gasteiger partial charge in [0.1, 0.15) is 11.4 Å². The van der Waals surface area contributed by atoms with Crippen molar-refractivity contribution in [3.8, 4) is 0 Å². The summed E-state index contributed by atoms with van der Waals surface area (Å²) in [7, 11) is 0. The number of nitrogens with zero attached hydrogens (tertiary/aromatic N) is 1. The van der Waals surface area contributed by atoms with Gasteiger partial charge in [-0.2, -0.15) is 0 Å². The molecule has 1 saturated heterocycles. The van der Waals surface area contributed by atoms with Crippen LogP contribution in [0.2, 0.25) is 0 Å². The van der Waals surface area contributed by atoms with E-state index in [-0.39, 0.29) is 23.9 Å². The molecular formula is C16H23FN2O2. The topological polar surface area (TPSA) is 55.6 Å². The maximum atomic E-state index is 13.0. The minimum atomic E-state index is -0.512. The zero-order chi connectivity index (χ0) is 15.6. The maximum absolute atomic E-state index is 13.0. The van der Waals surface area contributed by atoms with Gasteiger partial charge in [-0.15, -0.1) is 0 Å². The van der Waals surface area contributed by atoms with Crippen molar-refractivity contribution in [1.29, 1.82) is 0 Å². The number of likely N-dealkylation sites (tertiary alicyclic amines) is 1. The first-order chi connectivity index (χ1) is 9.76. The van der Waals surface area contributed by atoms with E-state index in [4.69, 9.17) is 10.5 Å². The first-order valence-corrected chi connectivity index (χ1v) is 7.25. The molecule has 1 aromatic rings. The number of halogens is 1. The third-order valence-electron chi connectivity index (χ3n) is 3.62. The molecule has 1 fully saturated rings. The highest BCUT2D eigenvalue weighted by Gasteiger charge is 2.32. The van der Waals surface area contributed by atoms with E-state index in [1.54, 1.807) is 17.0 Å². The normalized spacial score (nSPS) is 23.0. The molecule has 1 amide bonds. The number of nitrogens with two attached hydrogens (primary N) is 1. The van der Waals surface area contributed by atoms with Crippen molar-refractivity contribution < 1.29 is 13.9 Å². The minimum Gasteiger partial charge on any atom is -0.444 e. The Bertz CT molecular complexity index is 496. The summed E-state index contributed by atoms with van der Waals surface area (Å²) in [4.78, 5) is 13.8. The van der Waals surface area contributed by atoms with Gasteiger partial charge in [0.25, 0.3) is 0 Å². The van der Waals surface area contributed by atoms with Crippen molar-refractivity contribution in [2.45, 2.75) is 44.8 Å². The second-order valence-corrected chi connectivity index (χ2v) is 6.54. The van der Waals surface area contributed by atoms with Crippen LogP contribution in [0.5, 0.6) is 0 Å². The molecule has 0 radical (unpaired) electrons. The average molecular weight is 294 g/mol. The zero-order valence-corrected chi connectivity index (χ0v) is 12.8. The summed E-state index contributed by atoms with van der Waals surface area (Å²) in [5.74, 6) is -0.265. The number of benzene rings is 1. The second kappa shape index (κ2) is 6.02. The van der Waals surface area contributed by atoms with Crippen LogP contribution in [0.15, 0.2) is 24.3 Å². The molecule has 0 unspecified atom stereocenters. The van der Waals surface area contributed by atoms with Gasteiger partial charge in [0.05, 0.1) is 0 Å². The van der Waals surface area contributed by atoms with Crippen molar-refractivity contribution >= 4 is 6.09 Å². The Morgan fingerprint density at radius 2 is 1.95 bits per heavy atom. The molecule has 1 heterocycles. The molecule has 2 rings (SSSR count). The summed E-state index contributed by atoms with van der Waals surface area (Å²) >= 11 is 0. The van der Waals surface area contributed by atoms with E-state index in [1.807, 2.05) is 20.8 Å². The summed E-state index contributed by atoms with van der Waals surface area (Å²) < 4.78 is 18.4. The number of hydrogen-bond donors (Lipinski definition) is 1. The quantitative estimate of drug-likeness (QED) is 0.866. The monoisotopic (exact) mass is 294 g/mol. The SMILES string of the molecule is CC(C)(C)OC(=O)N1CC[C@@H](N)[C@H](c2ccc(F)cc2)C1. The largest absolute Gasteiger partial charge is 0.444 e. The van der Waals surface area contributed by atoms with Gasteiger partial charge in [0.2, 0.25) is 0 Å². The van der Waals surface area contributed by atoms with Crippen molar-refractivity contribution in [3.05, 3.63) is 35.6 Å². The predicted octanol–water partition coefficient (Wildman–Crippen LogP) is 2.88. The average Bonchev–Trinajstić information content (AvgIpc) is 2.38. The predicted molar refractivity (Wildman–Crippen MR) is 79.5 cm³/mol. The lowest BCUT2D eigenvalue weighted by Gasteiger charge is -2.37. The van der Waals surface area contributed by atoms with Crippen LogP contribution in [0, 0.1) is 5.82 Å². The van der Waals surface area contributed by atoms with E-state index < -0.39 is 5.60 Å². The van der Waals surface area contributed by atoms with Crippen LogP contribution in [0.25, 0.3) is 0 Å². The maximum Gasteiger partial charge on any atom is 0.410 e. The van der Waals surface area contributed by atoms with Crippen molar-refractivity contribution in [2.24, 2.45) is 5.73 Å².